The molecular formula is C11H15N3. The number of para-hydroxylation sites is 1. The number of rotatable bonds is 3. The summed E-state index contributed by atoms with van der Waals surface area (Å²) in [4.78, 5) is 7.94. The molecule has 1 aromatic carbocycles. The van der Waals surface area contributed by atoms with E-state index >= 15 is 0 Å². The molecule has 2 N–H and O–H groups in total. The lowest BCUT2D eigenvalue weighted by Crippen LogP contribution is -1.89. The zero-order valence-electron chi connectivity index (χ0n) is 8.51. The lowest BCUT2D eigenvalue weighted by Gasteiger charge is -2.07. The van der Waals surface area contributed by atoms with Gasteiger partial charge in [-0.1, -0.05) is 32.0 Å². The standard InChI is InChI=1S/C11H15N3/c1-9(2)10-5-3-4-6-11(10)14-8-13-7-12/h3-9H,1-2H3,(H2,12,13,14). The van der Waals surface area contributed by atoms with Gasteiger partial charge in [0.15, 0.2) is 0 Å². The number of nitrogens with zero attached hydrogens (tertiary/aromatic N) is 2. The Bertz CT molecular complexity index is 340. The van der Waals surface area contributed by atoms with Gasteiger partial charge in [0.05, 0.1) is 12.0 Å². The van der Waals surface area contributed by atoms with Crippen LogP contribution >= 0.6 is 0 Å². The first-order valence-electron chi connectivity index (χ1n) is 4.60. The van der Waals surface area contributed by atoms with Crippen molar-refractivity contribution >= 4 is 18.4 Å². The second-order valence-electron chi connectivity index (χ2n) is 3.26. The molecule has 14 heavy (non-hydrogen) atoms. The maximum Gasteiger partial charge on any atom is 0.117 e. The largest absolute Gasteiger partial charge is 0.390 e. The SMILES string of the molecule is CC(C)c1ccccc1N=CN=CN. The van der Waals surface area contributed by atoms with Gasteiger partial charge in [0, 0.05) is 0 Å². The fraction of sp³-hybridized carbons (Fsp3) is 0.273. The number of hydrogen-bond acceptors (Lipinski definition) is 1. The fourth-order valence-electron chi connectivity index (χ4n) is 1.23. The van der Waals surface area contributed by atoms with Gasteiger partial charge in [-0.15, -0.1) is 0 Å². The average Bonchev–Trinajstić information content (AvgIpc) is 2.19. The van der Waals surface area contributed by atoms with Gasteiger partial charge in [0.25, 0.3) is 0 Å². The molecule has 0 radical (unpaired) electrons. The Kier molecular flexibility index (Phi) is 3.85. The Morgan fingerprint density at radius 2 is 2.00 bits per heavy atom. The minimum Gasteiger partial charge on any atom is -0.390 e. The van der Waals surface area contributed by atoms with Gasteiger partial charge in [-0.2, -0.15) is 0 Å². The summed E-state index contributed by atoms with van der Waals surface area (Å²) < 4.78 is 0. The highest BCUT2D eigenvalue weighted by molar-refractivity contribution is 5.72. The molecule has 0 saturated carbocycles. The molecular weight excluding hydrogens is 174 g/mol. The molecule has 1 aromatic rings. The first-order valence-corrected chi connectivity index (χ1v) is 4.60. The Hall–Kier alpha value is -1.64. The summed E-state index contributed by atoms with van der Waals surface area (Å²) in [5, 5.41) is 0. The molecule has 0 aliphatic heterocycles. The highest BCUT2D eigenvalue weighted by atomic mass is 14.9. The summed E-state index contributed by atoms with van der Waals surface area (Å²) >= 11 is 0. The Balaban J connectivity index is 2.95. The zero-order chi connectivity index (χ0) is 10.4. The predicted molar refractivity (Wildman–Crippen MR) is 61.4 cm³/mol. The Labute approximate surface area is 84.4 Å². The van der Waals surface area contributed by atoms with E-state index in [2.05, 4.69) is 29.9 Å². The predicted octanol–water partition coefficient (Wildman–Crippen LogP) is 2.46. The molecule has 74 valence electrons. The van der Waals surface area contributed by atoms with Crippen LogP contribution in [0.3, 0.4) is 0 Å². The van der Waals surface area contributed by atoms with Gasteiger partial charge in [-0.25, -0.2) is 9.98 Å². The van der Waals surface area contributed by atoms with Gasteiger partial charge in [-0.3, -0.25) is 0 Å². The van der Waals surface area contributed by atoms with Crippen LogP contribution in [0.1, 0.15) is 25.3 Å². The third kappa shape index (κ3) is 2.69. The summed E-state index contributed by atoms with van der Waals surface area (Å²) in [5.74, 6) is 0.463. The first-order chi connectivity index (χ1) is 6.75. The van der Waals surface area contributed by atoms with Crippen LogP contribution in [0.5, 0.6) is 0 Å². The zero-order valence-corrected chi connectivity index (χ0v) is 8.51. The van der Waals surface area contributed by atoms with E-state index in [0.29, 0.717) is 5.92 Å². The van der Waals surface area contributed by atoms with Crippen molar-refractivity contribution in [3.8, 4) is 0 Å². The van der Waals surface area contributed by atoms with Crippen LogP contribution < -0.4 is 5.73 Å². The summed E-state index contributed by atoms with van der Waals surface area (Å²) in [5.41, 5.74) is 7.28. The van der Waals surface area contributed by atoms with Crippen molar-refractivity contribution in [2.45, 2.75) is 19.8 Å². The van der Waals surface area contributed by atoms with Crippen LogP contribution in [0.25, 0.3) is 0 Å². The van der Waals surface area contributed by atoms with E-state index in [1.54, 1.807) is 0 Å². The monoisotopic (exact) mass is 189 g/mol. The van der Waals surface area contributed by atoms with E-state index < -0.39 is 0 Å². The quantitative estimate of drug-likeness (QED) is 0.576. The maximum absolute atomic E-state index is 5.11. The van der Waals surface area contributed by atoms with Crippen molar-refractivity contribution < 1.29 is 0 Å². The molecule has 3 nitrogen and oxygen atoms in total. The molecule has 0 amide bonds. The third-order valence-electron chi connectivity index (χ3n) is 1.91. The van der Waals surface area contributed by atoms with E-state index in [1.165, 1.54) is 18.2 Å². The van der Waals surface area contributed by atoms with Crippen LogP contribution in [0, 0.1) is 0 Å². The number of benzene rings is 1. The number of hydrogen-bond donors (Lipinski definition) is 1. The van der Waals surface area contributed by atoms with Crippen molar-refractivity contribution in [3.63, 3.8) is 0 Å². The van der Waals surface area contributed by atoms with Crippen LogP contribution in [0.4, 0.5) is 5.69 Å². The second-order valence-corrected chi connectivity index (χ2v) is 3.26. The molecule has 0 heterocycles. The molecule has 0 saturated heterocycles. The number of aliphatic imine (C=N–C) groups is 2. The second kappa shape index (κ2) is 5.17. The van der Waals surface area contributed by atoms with Crippen molar-refractivity contribution in [3.05, 3.63) is 29.8 Å². The van der Waals surface area contributed by atoms with Crippen LogP contribution in [-0.4, -0.2) is 12.7 Å². The van der Waals surface area contributed by atoms with E-state index in [0.717, 1.165) is 5.69 Å². The molecule has 0 bridgehead atoms. The minimum absolute atomic E-state index is 0.463. The van der Waals surface area contributed by atoms with Gasteiger partial charge in [0.2, 0.25) is 0 Å². The van der Waals surface area contributed by atoms with Gasteiger partial charge in [-0.05, 0) is 17.5 Å². The maximum atomic E-state index is 5.11. The molecule has 3 heteroatoms. The highest BCUT2D eigenvalue weighted by Crippen LogP contribution is 2.25. The Morgan fingerprint density at radius 1 is 1.29 bits per heavy atom. The van der Waals surface area contributed by atoms with Crippen molar-refractivity contribution in [1.29, 1.82) is 0 Å². The van der Waals surface area contributed by atoms with Crippen LogP contribution in [-0.2, 0) is 0 Å². The fourth-order valence-corrected chi connectivity index (χ4v) is 1.23. The molecule has 0 aliphatic carbocycles. The van der Waals surface area contributed by atoms with Gasteiger partial charge >= 0.3 is 0 Å². The van der Waals surface area contributed by atoms with Crippen molar-refractivity contribution in [2.24, 2.45) is 15.7 Å². The smallest absolute Gasteiger partial charge is 0.117 e. The summed E-state index contributed by atoms with van der Waals surface area (Å²) in [7, 11) is 0. The average molecular weight is 189 g/mol. The van der Waals surface area contributed by atoms with Crippen LogP contribution in [0.2, 0.25) is 0 Å². The minimum atomic E-state index is 0.463. The topological polar surface area (TPSA) is 50.7 Å². The molecule has 0 spiro atoms. The van der Waals surface area contributed by atoms with Crippen LogP contribution in [0.15, 0.2) is 34.3 Å². The van der Waals surface area contributed by atoms with Gasteiger partial charge in [0.1, 0.15) is 6.34 Å². The summed E-state index contributed by atoms with van der Waals surface area (Å²) in [6.45, 7) is 4.28. The third-order valence-corrected chi connectivity index (χ3v) is 1.91. The summed E-state index contributed by atoms with van der Waals surface area (Å²) in [6.07, 6.45) is 2.68. The lowest BCUT2D eigenvalue weighted by molar-refractivity contribution is 0.867. The molecule has 0 aliphatic rings. The van der Waals surface area contributed by atoms with Crippen molar-refractivity contribution in [1.82, 2.24) is 0 Å². The van der Waals surface area contributed by atoms with E-state index in [-0.39, 0.29) is 0 Å². The first kappa shape index (κ1) is 10.4. The van der Waals surface area contributed by atoms with E-state index in [9.17, 15) is 0 Å². The van der Waals surface area contributed by atoms with Crippen molar-refractivity contribution in [2.75, 3.05) is 0 Å². The summed E-state index contributed by atoms with van der Waals surface area (Å²) in [6, 6.07) is 8.02. The van der Waals surface area contributed by atoms with Gasteiger partial charge < -0.3 is 5.73 Å². The highest BCUT2D eigenvalue weighted by Gasteiger charge is 2.02. The molecule has 0 fully saturated rings. The molecule has 0 unspecified atom stereocenters. The molecule has 0 aromatic heterocycles. The molecule has 1 rings (SSSR count). The normalized spacial score (nSPS) is 11.9. The van der Waals surface area contributed by atoms with E-state index in [4.69, 9.17) is 5.73 Å². The lowest BCUT2D eigenvalue weighted by atomic mass is 10.0. The number of nitrogens with two attached hydrogens (primary N) is 1. The van der Waals surface area contributed by atoms with E-state index in [1.807, 2.05) is 18.2 Å². The molecule has 0 atom stereocenters. The Morgan fingerprint density at radius 3 is 2.64 bits per heavy atom.